The van der Waals surface area contributed by atoms with Crippen LogP contribution in [-0.2, 0) is 4.74 Å². The molecule has 0 amide bonds. The topological polar surface area (TPSA) is 73.1 Å². The Morgan fingerprint density at radius 2 is 1.94 bits per heavy atom. The first-order chi connectivity index (χ1) is 8.01. The van der Waals surface area contributed by atoms with Gasteiger partial charge in [0, 0.05) is 24.3 Å². The van der Waals surface area contributed by atoms with Gasteiger partial charge in [-0.25, -0.2) is 15.8 Å². The number of nitrogens with zero attached hydrogens (tertiary/aromatic N) is 2. The zero-order valence-corrected chi connectivity index (χ0v) is 11.2. The summed E-state index contributed by atoms with van der Waals surface area (Å²) in [6, 6.07) is 0. The number of rotatable bonds is 5. The van der Waals surface area contributed by atoms with Gasteiger partial charge in [0.25, 0.3) is 0 Å². The van der Waals surface area contributed by atoms with Crippen molar-refractivity contribution in [2.45, 2.75) is 39.5 Å². The third-order valence-electron chi connectivity index (χ3n) is 2.73. The molecule has 5 heteroatoms. The largest absolute Gasteiger partial charge is 0.384 e. The lowest BCUT2D eigenvalue weighted by Gasteiger charge is -2.17. The summed E-state index contributed by atoms with van der Waals surface area (Å²) in [5.74, 6) is 7.51. The summed E-state index contributed by atoms with van der Waals surface area (Å²) in [5, 5.41) is 0. The minimum absolute atomic E-state index is 0.159. The summed E-state index contributed by atoms with van der Waals surface area (Å²) in [5.41, 5.74) is 4.71. The van der Waals surface area contributed by atoms with Gasteiger partial charge in [-0.15, -0.1) is 0 Å². The van der Waals surface area contributed by atoms with Gasteiger partial charge < -0.3 is 10.2 Å². The predicted molar refractivity (Wildman–Crippen MR) is 69.0 cm³/mol. The van der Waals surface area contributed by atoms with Crippen molar-refractivity contribution >= 4 is 5.82 Å². The molecule has 0 saturated carbocycles. The second-order valence-corrected chi connectivity index (χ2v) is 4.58. The number of anilines is 1. The first-order valence-electron chi connectivity index (χ1n) is 5.85. The summed E-state index contributed by atoms with van der Waals surface area (Å²) in [4.78, 5) is 9.00. The fraction of sp³-hybridized carbons (Fsp3) is 0.667. The van der Waals surface area contributed by atoms with Gasteiger partial charge in [0.2, 0.25) is 0 Å². The number of hydrogen-bond acceptors (Lipinski definition) is 5. The van der Waals surface area contributed by atoms with E-state index in [1.165, 1.54) is 0 Å². The Balaban J connectivity index is 3.17. The maximum Gasteiger partial charge on any atom is 0.147 e. The van der Waals surface area contributed by atoms with E-state index in [0.717, 1.165) is 17.1 Å². The average molecular weight is 238 g/mol. The number of nitrogen functional groups attached to an aromatic ring is 1. The number of aryl methyl sites for hydroxylation is 1. The van der Waals surface area contributed by atoms with Crippen LogP contribution in [0.2, 0.25) is 0 Å². The molecule has 0 bridgehead atoms. The minimum Gasteiger partial charge on any atom is -0.384 e. The van der Waals surface area contributed by atoms with E-state index in [1.807, 2.05) is 13.8 Å². The molecule has 0 aromatic carbocycles. The highest BCUT2D eigenvalue weighted by Crippen LogP contribution is 2.26. The zero-order valence-electron chi connectivity index (χ0n) is 11.2. The van der Waals surface area contributed by atoms with Gasteiger partial charge in [0.1, 0.15) is 11.6 Å². The first kappa shape index (κ1) is 13.9. The van der Waals surface area contributed by atoms with Gasteiger partial charge in [-0.05, 0) is 12.8 Å². The van der Waals surface area contributed by atoms with Crippen molar-refractivity contribution in [3.8, 4) is 0 Å². The van der Waals surface area contributed by atoms with Crippen molar-refractivity contribution in [2.75, 3.05) is 19.1 Å². The lowest BCUT2D eigenvalue weighted by molar-refractivity contribution is 0.181. The van der Waals surface area contributed by atoms with E-state index in [-0.39, 0.29) is 5.92 Å². The summed E-state index contributed by atoms with van der Waals surface area (Å²) in [7, 11) is 1.67. The molecule has 17 heavy (non-hydrogen) atoms. The number of aromatic nitrogens is 2. The molecular formula is C12H22N4O. The second-order valence-electron chi connectivity index (χ2n) is 4.58. The van der Waals surface area contributed by atoms with Crippen LogP contribution in [0.5, 0.6) is 0 Å². The van der Waals surface area contributed by atoms with Gasteiger partial charge in [-0.1, -0.05) is 20.8 Å². The van der Waals surface area contributed by atoms with Gasteiger partial charge in [-0.2, -0.15) is 0 Å². The molecule has 0 aliphatic heterocycles. The molecule has 0 aliphatic rings. The maximum atomic E-state index is 5.53. The van der Waals surface area contributed by atoms with E-state index >= 15 is 0 Å². The summed E-state index contributed by atoms with van der Waals surface area (Å²) >= 11 is 0. The Morgan fingerprint density at radius 1 is 1.29 bits per heavy atom. The molecule has 1 rings (SSSR count). The molecule has 1 unspecified atom stereocenters. The highest BCUT2D eigenvalue weighted by molar-refractivity contribution is 5.47. The fourth-order valence-corrected chi connectivity index (χ4v) is 1.95. The number of hydrazine groups is 1. The van der Waals surface area contributed by atoms with E-state index < -0.39 is 0 Å². The molecule has 0 aliphatic carbocycles. The van der Waals surface area contributed by atoms with Crippen LogP contribution in [-0.4, -0.2) is 23.7 Å². The highest BCUT2D eigenvalue weighted by Gasteiger charge is 2.17. The Hall–Kier alpha value is -1.20. The highest BCUT2D eigenvalue weighted by atomic mass is 16.5. The first-order valence-corrected chi connectivity index (χ1v) is 5.85. The quantitative estimate of drug-likeness (QED) is 0.606. The molecule has 0 fully saturated rings. The molecule has 1 aromatic rings. The van der Waals surface area contributed by atoms with Crippen molar-refractivity contribution in [2.24, 2.45) is 5.84 Å². The van der Waals surface area contributed by atoms with Gasteiger partial charge in [0.15, 0.2) is 0 Å². The summed E-state index contributed by atoms with van der Waals surface area (Å²) in [6.07, 6.45) is 0. The third-order valence-corrected chi connectivity index (χ3v) is 2.73. The average Bonchev–Trinajstić information content (AvgIpc) is 2.27. The van der Waals surface area contributed by atoms with Gasteiger partial charge >= 0.3 is 0 Å². The van der Waals surface area contributed by atoms with Crippen molar-refractivity contribution < 1.29 is 4.74 Å². The molecule has 3 N–H and O–H groups in total. The van der Waals surface area contributed by atoms with Gasteiger partial charge in [-0.3, -0.25) is 0 Å². The Morgan fingerprint density at radius 3 is 2.41 bits per heavy atom. The lowest BCUT2D eigenvalue weighted by Crippen LogP contribution is -2.17. The Labute approximate surface area is 103 Å². The fourth-order valence-electron chi connectivity index (χ4n) is 1.95. The van der Waals surface area contributed by atoms with Crippen LogP contribution in [0.25, 0.3) is 0 Å². The molecule has 0 saturated heterocycles. The zero-order chi connectivity index (χ0) is 13.0. The van der Waals surface area contributed by atoms with E-state index in [0.29, 0.717) is 18.3 Å². The maximum absolute atomic E-state index is 5.53. The Bertz CT molecular complexity index is 379. The SMILES string of the molecule is COCC(C)c1nc(C)c(C(C)C)c(NN)n1. The number of nitrogens with one attached hydrogen (secondary N) is 1. The Kier molecular flexibility index (Phi) is 4.84. The van der Waals surface area contributed by atoms with E-state index in [4.69, 9.17) is 10.6 Å². The molecule has 5 nitrogen and oxygen atoms in total. The van der Waals surface area contributed by atoms with E-state index in [9.17, 15) is 0 Å². The molecule has 0 radical (unpaired) electrons. The van der Waals surface area contributed by atoms with Crippen LogP contribution in [0.4, 0.5) is 5.82 Å². The number of ether oxygens (including phenoxy) is 1. The summed E-state index contributed by atoms with van der Waals surface area (Å²) in [6.45, 7) is 8.83. The third kappa shape index (κ3) is 3.14. The normalized spacial score (nSPS) is 12.9. The van der Waals surface area contributed by atoms with Crippen LogP contribution >= 0.6 is 0 Å². The second kappa shape index (κ2) is 5.93. The van der Waals surface area contributed by atoms with Crippen molar-refractivity contribution in [3.05, 3.63) is 17.1 Å². The van der Waals surface area contributed by atoms with E-state index in [1.54, 1.807) is 7.11 Å². The molecule has 0 spiro atoms. The molecule has 1 heterocycles. The molecule has 1 atom stereocenters. The smallest absolute Gasteiger partial charge is 0.147 e. The number of methoxy groups -OCH3 is 1. The van der Waals surface area contributed by atoms with Crippen LogP contribution in [0.3, 0.4) is 0 Å². The molecular weight excluding hydrogens is 216 g/mol. The summed E-state index contributed by atoms with van der Waals surface area (Å²) < 4.78 is 5.12. The van der Waals surface area contributed by atoms with Crippen LogP contribution in [0, 0.1) is 6.92 Å². The predicted octanol–water partition coefficient (Wildman–Crippen LogP) is 1.94. The molecule has 96 valence electrons. The number of nitrogens with two attached hydrogens (primary N) is 1. The van der Waals surface area contributed by atoms with Crippen LogP contribution in [0.1, 0.15) is 49.7 Å². The molecule has 1 aromatic heterocycles. The van der Waals surface area contributed by atoms with Crippen molar-refractivity contribution in [3.63, 3.8) is 0 Å². The van der Waals surface area contributed by atoms with Crippen LogP contribution < -0.4 is 11.3 Å². The van der Waals surface area contributed by atoms with E-state index in [2.05, 4.69) is 29.2 Å². The standard InChI is InChI=1S/C12H22N4O/c1-7(2)10-9(4)14-11(8(3)6-17-5)15-12(10)16-13/h7-8H,6,13H2,1-5H3,(H,14,15,16). The lowest BCUT2D eigenvalue weighted by atomic mass is 10.0. The van der Waals surface area contributed by atoms with Crippen LogP contribution in [0.15, 0.2) is 0 Å². The van der Waals surface area contributed by atoms with Crippen molar-refractivity contribution in [1.29, 1.82) is 0 Å². The van der Waals surface area contributed by atoms with Gasteiger partial charge in [0.05, 0.1) is 6.61 Å². The van der Waals surface area contributed by atoms with Crippen molar-refractivity contribution in [1.82, 2.24) is 9.97 Å². The monoisotopic (exact) mass is 238 g/mol. The number of hydrogen-bond donors (Lipinski definition) is 2. The minimum atomic E-state index is 0.159.